The van der Waals surface area contributed by atoms with E-state index in [0.29, 0.717) is 19.1 Å². The Bertz CT molecular complexity index is 831. The summed E-state index contributed by atoms with van der Waals surface area (Å²) in [5.74, 6) is 2.34. The smallest absolute Gasteiger partial charge is 0.192 e. The van der Waals surface area contributed by atoms with E-state index < -0.39 is 0 Å². The molecule has 7 nitrogen and oxygen atoms in total. The monoisotopic (exact) mass is 416 g/mol. The first-order valence-corrected chi connectivity index (χ1v) is 10.9. The maximum Gasteiger partial charge on any atom is 0.192 e. The van der Waals surface area contributed by atoms with Crippen LogP contribution in [0.5, 0.6) is 5.75 Å². The topological polar surface area (TPSA) is 76.4 Å². The maximum atomic E-state index is 13.9. The molecule has 1 saturated carbocycles. The highest BCUT2D eigenvalue weighted by atomic mass is 19.1. The Morgan fingerprint density at radius 3 is 2.70 bits per heavy atom. The minimum atomic E-state index is -0.345. The molecular weight excluding hydrogens is 383 g/mol. The first kappa shape index (κ1) is 22.1. The SMILES string of the molecule is CCC(CNC(=NCc1nnc(C)n1C)NC1CCCCC1)Oc1ccccc1F. The Labute approximate surface area is 178 Å². The third-order valence-corrected chi connectivity index (χ3v) is 5.59. The third-order valence-electron chi connectivity index (χ3n) is 5.59. The van der Waals surface area contributed by atoms with Crippen LogP contribution in [-0.4, -0.2) is 39.4 Å². The van der Waals surface area contributed by atoms with Crippen molar-refractivity contribution in [2.45, 2.75) is 71.1 Å². The van der Waals surface area contributed by atoms with Crippen molar-refractivity contribution in [2.24, 2.45) is 12.0 Å². The van der Waals surface area contributed by atoms with E-state index in [0.717, 1.165) is 36.9 Å². The number of ether oxygens (including phenoxy) is 1. The van der Waals surface area contributed by atoms with Crippen LogP contribution in [0.1, 0.15) is 57.1 Å². The molecule has 1 aliphatic rings. The van der Waals surface area contributed by atoms with Gasteiger partial charge in [-0.15, -0.1) is 10.2 Å². The summed E-state index contributed by atoms with van der Waals surface area (Å²) >= 11 is 0. The van der Waals surface area contributed by atoms with Crippen molar-refractivity contribution in [3.05, 3.63) is 41.7 Å². The summed E-state index contributed by atoms with van der Waals surface area (Å²) < 4.78 is 21.8. The van der Waals surface area contributed by atoms with Crippen LogP contribution in [0.25, 0.3) is 0 Å². The first-order valence-electron chi connectivity index (χ1n) is 10.9. The van der Waals surface area contributed by atoms with Gasteiger partial charge in [-0.3, -0.25) is 0 Å². The predicted molar refractivity (Wildman–Crippen MR) is 116 cm³/mol. The van der Waals surface area contributed by atoms with Crippen molar-refractivity contribution >= 4 is 5.96 Å². The molecule has 0 bridgehead atoms. The molecule has 0 radical (unpaired) electrons. The molecular formula is C22H33FN6O. The number of hydrogen-bond donors (Lipinski definition) is 2. The molecule has 1 aliphatic carbocycles. The van der Waals surface area contributed by atoms with Gasteiger partial charge in [-0.2, -0.15) is 0 Å². The summed E-state index contributed by atoms with van der Waals surface area (Å²) in [5.41, 5.74) is 0. The second-order valence-corrected chi connectivity index (χ2v) is 7.83. The fourth-order valence-electron chi connectivity index (χ4n) is 3.53. The summed E-state index contributed by atoms with van der Waals surface area (Å²) in [6.07, 6.45) is 6.64. The summed E-state index contributed by atoms with van der Waals surface area (Å²) in [7, 11) is 1.94. The summed E-state index contributed by atoms with van der Waals surface area (Å²) in [5, 5.41) is 15.2. The molecule has 2 aromatic rings. The Hall–Kier alpha value is -2.64. The van der Waals surface area contributed by atoms with E-state index >= 15 is 0 Å². The van der Waals surface area contributed by atoms with Crippen LogP contribution < -0.4 is 15.4 Å². The number of nitrogens with zero attached hydrogens (tertiary/aromatic N) is 4. The number of guanidine groups is 1. The van der Waals surface area contributed by atoms with E-state index in [-0.39, 0.29) is 17.7 Å². The van der Waals surface area contributed by atoms with Gasteiger partial charge in [-0.05, 0) is 38.3 Å². The van der Waals surface area contributed by atoms with Gasteiger partial charge in [0, 0.05) is 13.1 Å². The van der Waals surface area contributed by atoms with Crippen LogP contribution in [0.15, 0.2) is 29.3 Å². The number of aliphatic imine (C=N–C) groups is 1. The van der Waals surface area contributed by atoms with E-state index in [9.17, 15) is 4.39 Å². The number of nitrogens with one attached hydrogen (secondary N) is 2. The molecule has 0 spiro atoms. The molecule has 0 saturated heterocycles. The van der Waals surface area contributed by atoms with Gasteiger partial charge in [-0.25, -0.2) is 9.38 Å². The lowest BCUT2D eigenvalue weighted by Crippen LogP contribution is -2.47. The fraction of sp³-hybridized carbons (Fsp3) is 0.591. The average Bonchev–Trinajstić information content (AvgIpc) is 3.08. The number of hydrogen-bond acceptors (Lipinski definition) is 4. The van der Waals surface area contributed by atoms with Gasteiger partial charge >= 0.3 is 0 Å². The predicted octanol–water partition coefficient (Wildman–Crippen LogP) is 3.49. The molecule has 0 aliphatic heterocycles. The minimum absolute atomic E-state index is 0.169. The van der Waals surface area contributed by atoms with Crippen LogP contribution in [0.4, 0.5) is 4.39 Å². The third kappa shape index (κ3) is 6.18. The zero-order chi connectivity index (χ0) is 21.3. The highest BCUT2D eigenvalue weighted by molar-refractivity contribution is 5.80. The molecule has 1 heterocycles. The highest BCUT2D eigenvalue weighted by Crippen LogP contribution is 2.18. The van der Waals surface area contributed by atoms with Crippen molar-refractivity contribution in [1.29, 1.82) is 0 Å². The lowest BCUT2D eigenvalue weighted by atomic mass is 9.96. The second-order valence-electron chi connectivity index (χ2n) is 7.83. The fourth-order valence-corrected chi connectivity index (χ4v) is 3.53. The lowest BCUT2D eigenvalue weighted by Gasteiger charge is -2.26. The van der Waals surface area contributed by atoms with Gasteiger partial charge in [0.25, 0.3) is 0 Å². The number of halogens is 1. The number of aromatic nitrogens is 3. The first-order chi connectivity index (χ1) is 14.6. The van der Waals surface area contributed by atoms with Gasteiger partial charge in [0.05, 0.1) is 6.54 Å². The minimum Gasteiger partial charge on any atom is -0.486 e. The van der Waals surface area contributed by atoms with Crippen molar-refractivity contribution in [1.82, 2.24) is 25.4 Å². The normalized spacial score (nSPS) is 16.3. The number of para-hydroxylation sites is 1. The molecule has 1 unspecified atom stereocenters. The van der Waals surface area contributed by atoms with Crippen LogP contribution in [0.2, 0.25) is 0 Å². The van der Waals surface area contributed by atoms with Crippen molar-refractivity contribution in [3.63, 3.8) is 0 Å². The number of rotatable bonds is 8. The Kier molecular flexibility index (Phi) is 8.04. The van der Waals surface area contributed by atoms with Crippen LogP contribution >= 0.6 is 0 Å². The molecule has 30 heavy (non-hydrogen) atoms. The number of benzene rings is 1. The molecule has 1 atom stereocenters. The molecule has 1 fully saturated rings. The standard InChI is InChI=1S/C22H33FN6O/c1-4-18(30-20-13-9-8-12-19(20)23)14-24-22(26-17-10-6-5-7-11-17)25-15-21-28-27-16(2)29(21)3/h8-9,12-13,17-18H,4-7,10-11,14-15H2,1-3H3,(H2,24,25,26). The van der Waals surface area contributed by atoms with Crippen LogP contribution in [-0.2, 0) is 13.6 Å². The highest BCUT2D eigenvalue weighted by Gasteiger charge is 2.17. The van der Waals surface area contributed by atoms with E-state index in [4.69, 9.17) is 9.73 Å². The van der Waals surface area contributed by atoms with E-state index in [2.05, 4.69) is 20.8 Å². The van der Waals surface area contributed by atoms with Gasteiger partial charge in [0.1, 0.15) is 18.5 Å². The molecule has 164 valence electrons. The molecule has 0 amide bonds. The maximum absolute atomic E-state index is 13.9. The van der Waals surface area contributed by atoms with Crippen LogP contribution in [0.3, 0.4) is 0 Å². The largest absolute Gasteiger partial charge is 0.486 e. The van der Waals surface area contributed by atoms with Crippen molar-refractivity contribution < 1.29 is 9.13 Å². The van der Waals surface area contributed by atoms with Gasteiger partial charge < -0.3 is 19.9 Å². The van der Waals surface area contributed by atoms with Crippen molar-refractivity contribution in [2.75, 3.05) is 6.54 Å². The summed E-state index contributed by atoms with van der Waals surface area (Å²) in [6.45, 7) is 4.91. The van der Waals surface area contributed by atoms with Crippen molar-refractivity contribution in [3.8, 4) is 5.75 Å². The zero-order valence-corrected chi connectivity index (χ0v) is 18.2. The summed E-state index contributed by atoms with van der Waals surface area (Å²) in [4.78, 5) is 4.73. The molecule has 8 heteroatoms. The Balaban J connectivity index is 1.64. The van der Waals surface area contributed by atoms with Gasteiger partial charge in [0.2, 0.25) is 0 Å². The second kappa shape index (κ2) is 10.9. The summed E-state index contributed by atoms with van der Waals surface area (Å²) in [6, 6.07) is 6.92. The molecule has 2 N–H and O–H groups in total. The quantitative estimate of drug-likeness (QED) is 0.509. The molecule has 1 aromatic heterocycles. The van der Waals surface area contributed by atoms with E-state index in [1.54, 1.807) is 18.2 Å². The lowest BCUT2D eigenvalue weighted by molar-refractivity contribution is 0.190. The average molecular weight is 417 g/mol. The van der Waals surface area contributed by atoms with E-state index in [1.807, 2.05) is 25.5 Å². The van der Waals surface area contributed by atoms with Gasteiger partial charge in [-0.1, -0.05) is 38.3 Å². The number of aryl methyl sites for hydroxylation is 1. The zero-order valence-electron chi connectivity index (χ0n) is 18.2. The molecule has 1 aromatic carbocycles. The molecule has 3 rings (SSSR count). The Morgan fingerprint density at radius 2 is 2.03 bits per heavy atom. The van der Waals surface area contributed by atoms with E-state index in [1.165, 1.54) is 25.3 Å². The Morgan fingerprint density at radius 1 is 1.27 bits per heavy atom. The van der Waals surface area contributed by atoms with Crippen LogP contribution in [0, 0.1) is 12.7 Å². The van der Waals surface area contributed by atoms with Gasteiger partial charge in [0.15, 0.2) is 23.4 Å².